The molecule has 0 unspecified atom stereocenters. The maximum atomic E-state index is 14.1. The Morgan fingerprint density at radius 3 is 1.29 bits per heavy atom. The molecular formula is C56H56N4O13. The summed E-state index contributed by atoms with van der Waals surface area (Å²) in [4.78, 5) is 93.4. The molecule has 4 N–H and O–H groups in total. The highest BCUT2D eigenvalue weighted by Crippen LogP contribution is 2.27. The molecule has 0 radical (unpaired) electrons. The number of allylic oxidation sites excluding steroid dienone is 3. The molecule has 4 amide bonds. The fourth-order valence-electron chi connectivity index (χ4n) is 8.08. The summed E-state index contributed by atoms with van der Waals surface area (Å²) in [5.74, 6) is -4.00. The number of carbonyl (C=O) groups is 4. The van der Waals surface area contributed by atoms with E-state index in [1.165, 1.54) is 6.07 Å². The number of carbonyl (C=O) groups excluding carboxylic acids is 4. The minimum atomic E-state index is -1.02. The Labute approximate surface area is 420 Å². The van der Waals surface area contributed by atoms with Gasteiger partial charge < -0.3 is 48.7 Å². The number of hydrogen-bond donors (Lipinski definition) is 4. The van der Waals surface area contributed by atoms with Gasteiger partial charge in [0.2, 0.25) is 50.8 Å². The number of rotatable bonds is 26. The molecule has 0 atom stereocenters. The zero-order chi connectivity index (χ0) is 51.3. The molecule has 0 bridgehead atoms. The lowest BCUT2D eigenvalue weighted by atomic mass is 9.83. The van der Waals surface area contributed by atoms with Gasteiger partial charge in [0.1, 0.15) is 19.8 Å². The van der Waals surface area contributed by atoms with E-state index in [2.05, 4.69) is 21.3 Å². The third kappa shape index (κ3) is 15.1. The summed E-state index contributed by atoms with van der Waals surface area (Å²) in [6, 6.07) is 30.4. The molecule has 3 heterocycles. The molecule has 378 valence electrons. The summed E-state index contributed by atoms with van der Waals surface area (Å²) in [7, 11) is 0. The number of benzene rings is 3. The van der Waals surface area contributed by atoms with Gasteiger partial charge in [0.25, 0.3) is 23.6 Å². The van der Waals surface area contributed by atoms with Gasteiger partial charge in [0.15, 0.2) is 0 Å². The van der Waals surface area contributed by atoms with E-state index in [1.54, 1.807) is 30.3 Å². The van der Waals surface area contributed by atoms with E-state index in [4.69, 9.17) is 27.5 Å². The first-order valence-electron chi connectivity index (χ1n) is 24.0. The molecule has 17 heteroatoms. The van der Waals surface area contributed by atoms with Crippen LogP contribution in [0.4, 0.5) is 0 Å². The highest BCUT2D eigenvalue weighted by molar-refractivity contribution is 5.95. The van der Waals surface area contributed by atoms with Gasteiger partial charge in [-0.2, -0.15) is 0 Å². The van der Waals surface area contributed by atoms with Gasteiger partial charge in [0, 0.05) is 48.9 Å². The zero-order valence-electron chi connectivity index (χ0n) is 40.1. The molecule has 17 nitrogen and oxygen atoms in total. The van der Waals surface area contributed by atoms with Gasteiger partial charge in [-0.3, -0.25) is 33.6 Å². The number of nitrogens with one attached hydrogen (secondary N) is 4. The molecule has 0 saturated carbocycles. The summed E-state index contributed by atoms with van der Waals surface area (Å²) < 4.78 is 33.9. The third-order valence-corrected chi connectivity index (χ3v) is 11.8. The Balaban J connectivity index is 1.06. The molecule has 0 aliphatic heterocycles. The predicted octanol–water partition coefficient (Wildman–Crippen LogP) is 7.46. The van der Waals surface area contributed by atoms with Crippen molar-refractivity contribution < 1.29 is 46.6 Å². The zero-order valence-corrected chi connectivity index (χ0v) is 40.1. The molecular weight excluding hydrogens is 937 g/mol. The molecule has 1 aliphatic rings. The van der Waals surface area contributed by atoms with Crippen LogP contribution in [0, 0.1) is 0 Å². The van der Waals surface area contributed by atoms with Crippen molar-refractivity contribution in [1.29, 1.82) is 0 Å². The molecule has 0 saturated heterocycles. The Bertz CT molecular complexity index is 2930. The largest absolute Gasteiger partial charge is 0.482 e. The van der Waals surface area contributed by atoms with E-state index in [-0.39, 0.29) is 99.2 Å². The van der Waals surface area contributed by atoms with Crippen molar-refractivity contribution in [3.63, 3.8) is 0 Å². The number of hydrogen-bond acceptors (Lipinski definition) is 13. The second-order valence-electron chi connectivity index (χ2n) is 17.1. The van der Waals surface area contributed by atoms with Gasteiger partial charge in [-0.15, -0.1) is 0 Å². The SMILES string of the molecule is O=C(NC(CCCNC(=O)c1occc(=O)c1OCC1=CC=CCC1)(CCCNC(=O)c1occc(=O)c1OCc1ccccc1)CCCNC(=O)c1occc(=O)c1OCc1ccccc1)c1ccccc1. The lowest BCUT2D eigenvalue weighted by Crippen LogP contribution is -2.50. The van der Waals surface area contributed by atoms with Crippen LogP contribution in [0.3, 0.4) is 0 Å². The first-order chi connectivity index (χ1) is 35.6. The maximum Gasteiger partial charge on any atom is 0.291 e. The molecule has 6 aromatic rings. The molecule has 73 heavy (non-hydrogen) atoms. The van der Waals surface area contributed by atoms with Crippen LogP contribution in [0.15, 0.2) is 179 Å². The van der Waals surface area contributed by atoms with Crippen LogP contribution in [0.2, 0.25) is 0 Å². The van der Waals surface area contributed by atoms with Crippen LogP contribution in [0.5, 0.6) is 17.2 Å². The van der Waals surface area contributed by atoms with Crippen LogP contribution in [0.25, 0.3) is 0 Å². The fraction of sp³-hybridized carbons (Fsp3) is 0.268. The van der Waals surface area contributed by atoms with Crippen LogP contribution >= 0.6 is 0 Å². The van der Waals surface area contributed by atoms with Crippen LogP contribution in [0.1, 0.15) is 105 Å². The molecule has 7 rings (SSSR count). The minimum absolute atomic E-state index is 0.0224. The van der Waals surface area contributed by atoms with Gasteiger partial charge in [-0.25, -0.2) is 0 Å². The van der Waals surface area contributed by atoms with Gasteiger partial charge in [-0.05, 0) is 80.2 Å². The van der Waals surface area contributed by atoms with Crippen LogP contribution < -0.4 is 51.8 Å². The summed E-state index contributed by atoms with van der Waals surface area (Å²) in [6.45, 7) is 0.390. The fourth-order valence-corrected chi connectivity index (χ4v) is 8.08. The van der Waals surface area contributed by atoms with E-state index >= 15 is 0 Å². The normalized spacial score (nSPS) is 12.0. The van der Waals surface area contributed by atoms with Crippen LogP contribution in [-0.4, -0.2) is 55.4 Å². The average Bonchev–Trinajstić information content (AvgIpc) is 3.42. The standard InChI is InChI=1S/C56H56N4O13/c61-43-24-33-68-49(46(43)71-36-39-16-5-1-6-17-39)53(65)57-30-13-27-56(60-52(64)42-22-11-4-12-23-42,28-14-31-58-54(66)50-47(44(62)25-34-69-50)72-37-40-18-7-2-8-19-40)29-15-32-59-55(67)51-48(45(63)26-35-70-51)73-38-41-20-9-3-10-21-41/h1-9,11-12,16-20,22-26,33-35H,10,13-15,21,27-32,36-38H2,(H,57,65)(H,58,66)(H,59,67)(H,60,64). The lowest BCUT2D eigenvalue weighted by Gasteiger charge is -2.36. The molecule has 3 aromatic heterocycles. The predicted molar refractivity (Wildman–Crippen MR) is 270 cm³/mol. The Morgan fingerprint density at radius 2 is 0.890 bits per heavy atom. The topological polar surface area (TPSA) is 235 Å². The van der Waals surface area contributed by atoms with Crippen molar-refractivity contribution in [3.8, 4) is 17.2 Å². The minimum Gasteiger partial charge on any atom is -0.482 e. The van der Waals surface area contributed by atoms with E-state index in [0.29, 0.717) is 24.8 Å². The summed E-state index contributed by atoms with van der Waals surface area (Å²) in [5.41, 5.74) is 0.300. The summed E-state index contributed by atoms with van der Waals surface area (Å²) in [5, 5.41) is 11.7. The molecule has 0 spiro atoms. The Morgan fingerprint density at radius 1 is 0.493 bits per heavy atom. The van der Waals surface area contributed by atoms with Crippen molar-refractivity contribution in [2.75, 3.05) is 26.2 Å². The smallest absolute Gasteiger partial charge is 0.291 e. The second-order valence-corrected chi connectivity index (χ2v) is 17.1. The van der Waals surface area contributed by atoms with Gasteiger partial charge in [0.05, 0.1) is 18.8 Å². The summed E-state index contributed by atoms with van der Waals surface area (Å²) >= 11 is 0. The highest BCUT2D eigenvalue weighted by Gasteiger charge is 2.32. The third-order valence-electron chi connectivity index (χ3n) is 11.8. The number of ether oxygens (including phenoxy) is 3. The maximum absolute atomic E-state index is 14.1. The number of amides is 4. The summed E-state index contributed by atoms with van der Waals surface area (Å²) in [6.07, 6.45) is 12.5. The first-order valence-corrected chi connectivity index (χ1v) is 24.0. The van der Waals surface area contributed by atoms with Crippen molar-refractivity contribution >= 4 is 23.6 Å². The van der Waals surface area contributed by atoms with E-state index in [1.807, 2.05) is 78.9 Å². The Hall–Kier alpha value is -8.73. The van der Waals surface area contributed by atoms with Crippen LogP contribution in [-0.2, 0) is 13.2 Å². The molecule has 0 fully saturated rings. The van der Waals surface area contributed by atoms with Gasteiger partial charge in [-0.1, -0.05) is 97.1 Å². The Kier molecular flexibility index (Phi) is 18.9. The van der Waals surface area contributed by atoms with E-state index in [9.17, 15) is 33.6 Å². The van der Waals surface area contributed by atoms with E-state index < -0.39 is 39.5 Å². The monoisotopic (exact) mass is 992 g/mol. The average molecular weight is 993 g/mol. The molecule has 3 aromatic carbocycles. The van der Waals surface area contributed by atoms with E-state index in [0.717, 1.165) is 60.5 Å². The van der Waals surface area contributed by atoms with Crippen molar-refractivity contribution in [1.82, 2.24) is 21.3 Å². The van der Waals surface area contributed by atoms with Crippen molar-refractivity contribution in [3.05, 3.63) is 216 Å². The highest BCUT2D eigenvalue weighted by atomic mass is 16.5. The van der Waals surface area contributed by atoms with Crippen molar-refractivity contribution in [2.24, 2.45) is 0 Å². The lowest BCUT2D eigenvalue weighted by molar-refractivity contribution is 0.0851. The second kappa shape index (κ2) is 26.5. The quantitative estimate of drug-likeness (QED) is 0.0387. The first kappa shape index (κ1) is 52.1. The van der Waals surface area contributed by atoms with Crippen molar-refractivity contribution in [2.45, 2.75) is 70.1 Å². The van der Waals surface area contributed by atoms with Gasteiger partial charge >= 0.3 is 0 Å². The molecule has 1 aliphatic carbocycles.